The van der Waals surface area contributed by atoms with Gasteiger partial charge in [0.1, 0.15) is 0 Å². The minimum absolute atomic E-state index is 0.769. The molecule has 3 unspecified atom stereocenters. The Bertz CT molecular complexity index is 253. The van der Waals surface area contributed by atoms with Gasteiger partial charge in [0, 0.05) is 32.3 Å². The van der Waals surface area contributed by atoms with Gasteiger partial charge in [-0.3, -0.25) is 4.90 Å². The third-order valence-electron chi connectivity index (χ3n) is 5.14. The van der Waals surface area contributed by atoms with E-state index in [1.807, 2.05) is 0 Å². The van der Waals surface area contributed by atoms with Crippen molar-refractivity contribution in [3.63, 3.8) is 0 Å². The first kappa shape index (κ1) is 12.9. The molecule has 2 aliphatic heterocycles. The third kappa shape index (κ3) is 3.06. The Labute approximate surface area is 111 Å². The van der Waals surface area contributed by atoms with Crippen molar-refractivity contribution in [3.8, 4) is 0 Å². The molecule has 0 aromatic carbocycles. The summed E-state index contributed by atoms with van der Waals surface area (Å²) in [7, 11) is 0. The van der Waals surface area contributed by atoms with Crippen LogP contribution >= 0.6 is 0 Å². The molecule has 1 aliphatic carbocycles. The van der Waals surface area contributed by atoms with Crippen LogP contribution in [-0.4, -0.2) is 50.3 Å². The second-order valence-corrected chi connectivity index (χ2v) is 6.37. The zero-order chi connectivity index (χ0) is 12.2. The lowest BCUT2D eigenvalue weighted by Gasteiger charge is -2.37. The number of nitrogens with zero attached hydrogens (tertiary/aromatic N) is 1. The van der Waals surface area contributed by atoms with Gasteiger partial charge in [0.15, 0.2) is 0 Å². The highest BCUT2D eigenvalue weighted by molar-refractivity contribution is 4.89. The summed E-state index contributed by atoms with van der Waals surface area (Å²) in [6, 6.07) is 0.926. The molecule has 1 saturated carbocycles. The highest BCUT2D eigenvalue weighted by Gasteiger charge is 2.34. The van der Waals surface area contributed by atoms with Crippen LogP contribution < -0.4 is 5.32 Å². The minimum atomic E-state index is 0.769. The maximum Gasteiger partial charge on any atom is 0.0507 e. The number of ether oxygens (including phenoxy) is 1. The van der Waals surface area contributed by atoms with Crippen LogP contribution in [0.25, 0.3) is 0 Å². The lowest BCUT2D eigenvalue weighted by Crippen LogP contribution is -2.45. The highest BCUT2D eigenvalue weighted by Crippen LogP contribution is 2.36. The van der Waals surface area contributed by atoms with E-state index < -0.39 is 0 Å². The van der Waals surface area contributed by atoms with Gasteiger partial charge in [-0.15, -0.1) is 0 Å². The normalized spacial score (nSPS) is 37.0. The van der Waals surface area contributed by atoms with E-state index in [9.17, 15) is 0 Å². The van der Waals surface area contributed by atoms with Crippen LogP contribution in [0.1, 0.15) is 38.5 Å². The molecule has 104 valence electrons. The summed E-state index contributed by atoms with van der Waals surface area (Å²) in [4.78, 5) is 2.76. The number of rotatable bonds is 5. The smallest absolute Gasteiger partial charge is 0.0507 e. The number of nitrogens with one attached hydrogen (secondary N) is 1. The average molecular weight is 252 g/mol. The second-order valence-electron chi connectivity index (χ2n) is 6.37. The maximum absolute atomic E-state index is 5.41. The molecule has 2 saturated heterocycles. The van der Waals surface area contributed by atoms with Crippen molar-refractivity contribution in [2.75, 3.05) is 39.4 Å². The molecule has 3 nitrogen and oxygen atoms in total. The third-order valence-corrected chi connectivity index (χ3v) is 5.14. The molecular formula is C15H28N2O. The Kier molecular flexibility index (Phi) is 4.55. The van der Waals surface area contributed by atoms with Crippen LogP contribution in [-0.2, 0) is 4.74 Å². The quantitative estimate of drug-likeness (QED) is 0.756. The van der Waals surface area contributed by atoms with Crippen molar-refractivity contribution < 1.29 is 4.74 Å². The van der Waals surface area contributed by atoms with E-state index in [4.69, 9.17) is 4.74 Å². The van der Waals surface area contributed by atoms with Crippen molar-refractivity contribution in [1.29, 1.82) is 0 Å². The number of hydrogen-bond acceptors (Lipinski definition) is 3. The molecule has 0 amide bonds. The summed E-state index contributed by atoms with van der Waals surface area (Å²) < 4.78 is 5.41. The Morgan fingerprint density at radius 1 is 1.11 bits per heavy atom. The zero-order valence-corrected chi connectivity index (χ0v) is 11.6. The van der Waals surface area contributed by atoms with E-state index >= 15 is 0 Å². The lowest BCUT2D eigenvalue weighted by molar-refractivity contribution is 0.113. The average Bonchev–Trinajstić information content (AvgIpc) is 3.05. The van der Waals surface area contributed by atoms with Gasteiger partial charge in [-0.05, 0) is 50.5 Å². The molecule has 0 aromatic heterocycles. The van der Waals surface area contributed by atoms with Gasteiger partial charge in [0.2, 0.25) is 0 Å². The van der Waals surface area contributed by atoms with Crippen molar-refractivity contribution >= 4 is 0 Å². The highest BCUT2D eigenvalue weighted by atomic mass is 16.5. The van der Waals surface area contributed by atoms with Crippen LogP contribution in [0.3, 0.4) is 0 Å². The SMILES string of the molecule is C1CC2CCCN(CCNCC3CCOC3)C2C1. The zero-order valence-electron chi connectivity index (χ0n) is 11.6. The van der Waals surface area contributed by atoms with Gasteiger partial charge in [-0.25, -0.2) is 0 Å². The molecule has 3 aliphatic rings. The van der Waals surface area contributed by atoms with Gasteiger partial charge in [0.05, 0.1) is 6.61 Å². The standard InChI is InChI=1S/C15H28N2O/c1-3-14-4-2-8-17(15(14)5-1)9-7-16-11-13-6-10-18-12-13/h13-16H,1-12H2. The molecule has 3 rings (SSSR count). The molecule has 1 N–H and O–H groups in total. The Morgan fingerprint density at radius 3 is 2.94 bits per heavy atom. The van der Waals surface area contributed by atoms with Crippen LogP contribution in [0, 0.1) is 11.8 Å². The van der Waals surface area contributed by atoms with Crippen LogP contribution in [0.15, 0.2) is 0 Å². The summed E-state index contributed by atoms with van der Waals surface area (Å²) >= 11 is 0. The molecule has 3 atom stereocenters. The van der Waals surface area contributed by atoms with Crippen LogP contribution in [0.5, 0.6) is 0 Å². The first-order chi connectivity index (χ1) is 8.93. The van der Waals surface area contributed by atoms with Crippen molar-refractivity contribution in [2.45, 2.75) is 44.6 Å². The van der Waals surface area contributed by atoms with E-state index in [1.54, 1.807) is 0 Å². The molecule has 0 bridgehead atoms. The molecule has 3 heteroatoms. The predicted molar refractivity (Wildman–Crippen MR) is 73.7 cm³/mol. The molecular weight excluding hydrogens is 224 g/mol. The molecule has 18 heavy (non-hydrogen) atoms. The van der Waals surface area contributed by atoms with Gasteiger partial charge in [0.25, 0.3) is 0 Å². The first-order valence-electron chi connectivity index (χ1n) is 7.96. The van der Waals surface area contributed by atoms with Crippen LogP contribution in [0.4, 0.5) is 0 Å². The summed E-state index contributed by atoms with van der Waals surface area (Å²) in [6.07, 6.45) is 8.60. The minimum Gasteiger partial charge on any atom is -0.381 e. The molecule has 0 spiro atoms. The van der Waals surface area contributed by atoms with Gasteiger partial charge in [-0.1, -0.05) is 6.42 Å². The maximum atomic E-state index is 5.41. The largest absolute Gasteiger partial charge is 0.381 e. The molecule has 0 radical (unpaired) electrons. The number of likely N-dealkylation sites (tertiary alicyclic amines) is 1. The predicted octanol–water partition coefficient (Wildman–Crippen LogP) is 1.88. The number of fused-ring (bicyclic) bond motifs is 1. The Hall–Kier alpha value is -0.120. The van der Waals surface area contributed by atoms with E-state index in [2.05, 4.69) is 10.2 Å². The first-order valence-corrected chi connectivity index (χ1v) is 7.96. The lowest BCUT2D eigenvalue weighted by atomic mass is 9.92. The Morgan fingerprint density at radius 2 is 2.06 bits per heavy atom. The second kappa shape index (κ2) is 6.36. The van der Waals surface area contributed by atoms with E-state index in [0.29, 0.717) is 0 Å². The van der Waals surface area contributed by atoms with E-state index in [0.717, 1.165) is 37.6 Å². The van der Waals surface area contributed by atoms with Crippen molar-refractivity contribution in [3.05, 3.63) is 0 Å². The fraction of sp³-hybridized carbons (Fsp3) is 1.00. The molecule has 3 fully saturated rings. The molecule has 0 aromatic rings. The van der Waals surface area contributed by atoms with Gasteiger partial charge in [-0.2, -0.15) is 0 Å². The Balaban J connectivity index is 1.34. The van der Waals surface area contributed by atoms with Crippen LogP contribution in [0.2, 0.25) is 0 Å². The summed E-state index contributed by atoms with van der Waals surface area (Å²) in [6.45, 7) is 6.87. The van der Waals surface area contributed by atoms with Crippen molar-refractivity contribution in [1.82, 2.24) is 10.2 Å². The van der Waals surface area contributed by atoms with E-state index in [-0.39, 0.29) is 0 Å². The molecule has 2 heterocycles. The van der Waals surface area contributed by atoms with Gasteiger partial charge >= 0.3 is 0 Å². The monoisotopic (exact) mass is 252 g/mol. The van der Waals surface area contributed by atoms with E-state index in [1.165, 1.54) is 58.2 Å². The van der Waals surface area contributed by atoms with Gasteiger partial charge < -0.3 is 10.1 Å². The topological polar surface area (TPSA) is 24.5 Å². The van der Waals surface area contributed by atoms with Crippen molar-refractivity contribution in [2.24, 2.45) is 11.8 Å². The fourth-order valence-electron chi connectivity index (χ4n) is 4.11. The summed E-state index contributed by atoms with van der Waals surface area (Å²) in [5, 5.41) is 3.63. The summed E-state index contributed by atoms with van der Waals surface area (Å²) in [5.74, 6) is 1.80. The number of piperidine rings is 1. The summed E-state index contributed by atoms with van der Waals surface area (Å²) in [5.41, 5.74) is 0. The number of hydrogen-bond donors (Lipinski definition) is 1. The fourth-order valence-corrected chi connectivity index (χ4v) is 4.11.